The molecule has 0 aromatic carbocycles. The lowest BCUT2D eigenvalue weighted by molar-refractivity contribution is -0.137. The number of carboxylic acids is 1. The van der Waals surface area contributed by atoms with E-state index in [2.05, 4.69) is 29.6 Å². The molecule has 20 heavy (non-hydrogen) atoms. The fourth-order valence-electron chi connectivity index (χ4n) is 2.54. The summed E-state index contributed by atoms with van der Waals surface area (Å²) in [5.74, 6) is 0.405. The number of carboxylic acid groups (broad SMARTS) is 1. The van der Waals surface area contributed by atoms with E-state index in [1.807, 2.05) is 6.20 Å². The van der Waals surface area contributed by atoms with Gasteiger partial charge in [-0.25, -0.2) is 4.98 Å². The van der Waals surface area contributed by atoms with Crippen LogP contribution in [-0.2, 0) is 4.79 Å². The van der Waals surface area contributed by atoms with Gasteiger partial charge in [0.15, 0.2) is 0 Å². The van der Waals surface area contributed by atoms with Gasteiger partial charge in [-0.3, -0.25) is 4.79 Å². The van der Waals surface area contributed by atoms with Gasteiger partial charge in [0.1, 0.15) is 5.82 Å². The van der Waals surface area contributed by atoms with Crippen LogP contribution in [0.3, 0.4) is 0 Å². The Kier molecular flexibility index (Phi) is 10.2. The van der Waals surface area contributed by atoms with Crippen LogP contribution in [0.15, 0.2) is 12.4 Å². The smallest absolute Gasteiger partial charge is 0.303 e. The first kappa shape index (κ1) is 19.0. The lowest BCUT2D eigenvalue weighted by Gasteiger charge is -2.19. The minimum atomic E-state index is -0.683. The van der Waals surface area contributed by atoms with E-state index in [-0.39, 0.29) is 12.4 Å². The molecule has 0 bridgehead atoms. The lowest BCUT2D eigenvalue weighted by Crippen LogP contribution is -2.10. The molecule has 1 atom stereocenters. The number of aromatic nitrogens is 2. The molecule has 0 amide bonds. The van der Waals surface area contributed by atoms with Gasteiger partial charge in [0, 0.05) is 24.9 Å². The van der Waals surface area contributed by atoms with Crippen LogP contribution in [-0.4, -0.2) is 20.6 Å². The monoisotopic (exact) mass is 302 g/mol. The van der Waals surface area contributed by atoms with Crippen molar-refractivity contribution in [3.63, 3.8) is 0 Å². The van der Waals surface area contributed by atoms with Gasteiger partial charge in [0.25, 0.3) is 0 Å². The number of aryl methyl sites for hydroxylation is 1. The number of aliphatic carboxylic acids is 1. The van der Waals surface area contributed by atoms with Crippen molar-refractivity contribution in [3.8, 4) is 0 Å². The zero-order chi connectivity index (χ0) is 14.1. The maximum atomic E-state index is 10.4. The van der Waals surface area contributed by atoms with Crippen LogP contribution in [0.5, 0.6) is 0 Å². The van der Waals surface area contributed by atoms with E-state index in [1.165, 1.54) is 19.3 Å². The van der Waals surface area contributed by atoms with Crippen molar-refractivity contribution < 1.29 is 9.90 Å². The second-order valence-corrected chi connectivity index (χ2v) is 5.17. The van der Waals surface area contributed by atoms with Crippen LogP contribution < -0.4 is 0 Å². The molecule has 0 saturated heterocycles. The Balaban J connectivity index is 0.00000361. The Morgan fingerprint density at radius 3 is 2.55 bits per heavy atom. The molecule has 0 aliphatic heterocycles. The molecule has 0 aliphatic carbocycles. The molecule has 1 rings (SSSR count). The van der Waals surface area contributed by atoms with Crippen LogP contribution in [0.4, 0.5) is 0 Å². The number of hydrogen-bond acceptors (Lipinski definition) is 2. The van der Waals surface area contributed by atoms with Crippen molar-refractivity contribution in [1.82, 2.24) is 9.55 Å². The van der Waals surface area contributed by atoms with E-state index in [0.717, 1.165) is 31.5 Å². The predicted octanol–water partition coefficient (Wildman–Crippen LogP) is 4.38. The summed E-state index contributed by atoms with van der Waals surface area (Å²) in [5.41, 5.74) is 0. The Morgan fingerprint density at radius 2 is 2.00 bits per heavy atom. The van der Waals surface area contributed by atoms with Crippen molar-refractivity contribution in [1.29, 1.82) is 0 Å². The normalized spacial score (nSPS) is 11.9. The Labute approximate surface area is 128 Å². The summed E-state index contributed by atoms with van der Waals surface area (Å²) in [6.07, 6.45) is 11.9. The number of unbranched alkanes of at least 4 members (excludes halogenated alkanes) is 3. The number of carbonyl (C=O) groups is 1. The zero-order valence-electron chi connectivity index (χ0n) is 12.5. The Bertz CT molecular complexity index is 380. The van der Waals surface area contributed by atoms with Crippen LogP contribution in [0.2, 0.25) is 0 Å². The second-order valence-electron chi connectivity index (χ2n) is 5.17. The topological polar surface area (TPSA) is 55.1 Å². The highest BCUT2D eigenvalue weighted by molar-refractivity contribution is 5.85. The molecule has 1 heterocycles. The van der Waals surface area contributed by atoms with Crippen LogP contribution >= 0.6 is 12.4 Å². The third-order valence-electron chi connectivity index (χ3n) is 3.56. The number of rotatable bonds is 10. The molecule has 0 saturated carbocycles. The highest BCUT2D eigenvalue weighted by atomic mass is 35.5. The van der Waals surface area contributed by atoms with Gasteiger partial charge < -0.3 is 9.67 Å². The number of nitrogens with zero attached hydrogens (tertiary/aromatic N) is 2. The minimum absolute atomic E-state index is 0. The van der Waals surface area contributed by atoms with Gasteiger partial charge in [0.2, 0.25) is 0 Å². The summed E-state index contributed by atoms with van der Waals surface area (Å²) in [6.45, 7) is 4.27. The number of hydrogen-bond donors (Lipinski definition) is 1. The molecule has 1 N–H and O–H groups in total. The van der Waals surface area contributed by atoms with Gasteiger partial charge in [-0.05, 0) is 26.2 Å². The van der Waals surface area contributed by atoms with E-state index in [1.54, 1.807) is 0 Å². The Hall–Kier alpha value is -1.03. The first-order valence-corrected chi connectivity index (χ1v) is 7.36. The summed E-state index contributed by atoms with van der Waals surface area (Å²) in [4.78, 5) is 14.7. The average molecular weight is 303 g/mol. The van der Waals surface area contributed by atoms with Crippen LogP contribution in [0.1, 0.15) is 70.2 Å². The number of halogens is 1. The van der Waals surface area contributed by atoms with E-state index >= 15 is 0 Å². The average Bonchev–Trinajstić information content (AvgIpc) is 2.78. The molecule has 1 unspecified atom stereocenters. The summed E-state index contributed by atoms with van der Waals surface area (Å²) >= 11 is 0. The fraction of sp³-hybridized carbons (Fsp3) is 0.733. The molecular weight excluding hydrogens is 276 g/mol. The quantitative estimate of drug-likeness (QED) is 0.653. The highest BCUT2D eigenvalue weighted by Crippen LogP contribution is 2.22. The standard InChI is InChI=1S/C15H26N2O2.ClH/c1-3-8-14(17-12-11-16-13(17)2)9-6-4-5-7-10-15(18)19;/h11-12,14H,3-10H2,1-2H3,(H,18,19);1H. The summed E-state index contributed by atoms with van der Waals surface area (Å²) in [6, 6.07) is 0.548. The maximum Gasteiger partial charge on any atom is 0.303 e. The predicted molar refractivity (Wildman–Crippen MR) is 83.5 cm³/mol. The molecule has 4 nitrogen and oxygen atoms in total. The largest absolute Gasteiger partial charge is 0.481 e. The molecule has 0 spiro atoms. The van der Waals surface area contributed by atoms with Crippen molar-refractivity contribution in [2.75, 3.05) is 0 Å². The van der Waals surface area contributed by atoms with Gasteiger partial charge in [-0.2, -0.15) is 0 Å². The molecular formula is C15H27ClN2O2. The van der Waals surface area contributed by atoms with Gasteiger partial charge >= 0.3 is 5.97 Å². The van der Waals surface area contributed by atoms with Crippen molar-refractivity contribution in [2.24, 2.45) is 0 Å². The van der Waals surface area contributed by atoms with Crippen molar-refractivity contribution >= 4 is 18.4 Å². The van der Waals surface area contributed by atoms with E-state index in [9.17, 15) is 4.79 Å². The molecule has 0 radical (unpaired) electrons. The zero-order valence-corrected chi connectivity index (χ0v) is 13.4. The van der Waals surface area contributed by atoms with Gasteiger partial charge in [0.05, 0.1) is 0 Å². The third kappa shape index (κ3) is 6.94. The Morgan fingerprint density at radius 1 is 1.30 bits per heavy atom. The maximum absolute atomic E-state index is 10.4. The lowest BCUT2D eigenvalue weighted by atomic mass is 10.0. The molecule has 1 aromatic rings. The minimum Gasteiger partial charge on any atom is -0.481 e. The molecule has 5 heteroatoms. The molecule has 0 aliphatic rings. The van der Waals surface area contributed by atoms with Gasteiger partial charge in [-0.1, -0.05) is 32.6 Å². The molecule has 0 fully saturated rings. The van der Waals surface area contributed by atoms with Crippen molar-refractivity contribution in [3.05, 3.63) is 18.2 Å². The van der Waals surface area contributed by atoms with E-state index in [4.69, 9.17) is 5.11 Å². The van der Waals surface area contributed by atoms with E-state index in [0.29, 0.717) is 12.5 Å². The number of imidazole rings is 1. The highest BCUT2D eigenvalue weighted by Gasteiger charge is 2.11. The summed E-state index contributed by atoms with van der Waals surface area (Å²) < 4.78 is 2.28. The van der Waals surface area contributed by atoms with Crippen LogP contribution in [0.25, 0.3) is 0 Å². The molecule has 116 valence electrons. The van der Waals surface area contributed by atoms with Crippen LogP contribution in [0, 0.1) is 6.92 Å². The third-order valence-corrected chi connectivity index (χ3v) is 3.56. The SMILES string of the molecule is CCCC(CCCCCCC(=O)O)n1ccnc1C.Cl. The first-order valence-electron chi connectivity index (χ1n) is 7.36. The summed E-state index contributed by atoms with van der Waals surface area (Å²) in [5, 5.41) is 8.57. The summed E-state index contributed by atoms with van der Waals surface area (Å²) in [7, 11) is 0. The second kappa shape index (κ2) is 10.7. The van der Waals surface area contributed by atoms with Gasteiger partial charge in [-0.15, -0.1) is 12.4 Å². The first-order chi connectivity index (χ1) is 9.15. The van der Waals surface area contributed by atoms with E-state index < -0.39 is 5.97 Å². The fourth-order valence-corrected chi connectivity index (χ4v) is 2.54. The van der Waals surface area contributed by atoms with Crippen molar-refractivity contribution in [2.45, 2.75) is 71.3 Å². The molecule has 1 aromatic heterocycles.